The Morgan fingerprint density at radius 1 is 1.00 bits per heavy atom. The quantitative estimate of drug-likeness (QED) is 0.470. The number of imidazole rings is 1. The Bertz CT molecular complexity index is 1190. The van der Waals surface area contributed by atoms with Gasteiger partial charge in [-0.25, -0.2) is 9.67 Å². The molecular weight excluding hydrogens is 398 g/mol. The number of para-hydroxylation sites is 1. The van der Waals surface area contributed by atoms with E-state index in [-0.39, 0.29) is 5.91 Å². The monoisotopic (exact) mass is 425 g/mol. The highest BCUT2D eigenvalue weighted by Crippen LogP contribution is 2.25. The van der Waals surface area contributed by atoms with Gasteiger partial charge in [0.1, 0.15) is 5.82 Å². The summed E-state index contributed by atoms with van der Waals surface area (Å²) in [6, 6.07) is 20.2. The summed E-state index contributed by atoms with van der Waals surface area (Å²) in [6.07, 6.45) is 7.61. The normalized spacial score (nSPS) is 14.6. The van der Waals surface area contributed by atoms with E-state index >= 15 is 0 Å². The lowest BCUT2D eigenvalue weighted by Crippen LogP contribution is -2.39. The van der Waals surface area contributed by atoms with Crippen molar-refractivity contribution in [2.75, 3.05) is 13.1 Å². The van der Waals surface area contributed by atoms with Gasteiger partial charge < -0.3 is 9.47 Å². The number of piperidine rings is 1. The lowest BCUT2D eigenvalue weighted by Gasteiger charge is -2.32. The van der Waals surface area contributed by atoms with Crippen LogP contribution in [-0.2, 0) is 6.54 Å². The Morgan fingerprint density at radius 2 is 1.69 bits per heavy atom. The molecule has 2 aromatic carbocycles. The molecule has 3 heterocycles. The fourth-order valence-corrected chi connectivity index (χ4v) is 4.52. The minimum atomic E-state index is 0.0794. The molecule has 0 unspecified atom stereocenters. The zero-order valence-corrected chi connectivity index (χ0v) is 18.3. The Kier molecular flexibility index (Phi) is 5.58. The number of carbonyl (C=O) groups excluding carboxylic acids is 1. The molecule has 0 aliphatic carbocycles. The van der Waals surface area contributed by atoms with Crippen LogP contribution in [0.15, 0.2) is 79.3 Å². The van der Waals surface area contributed by atoms with E-state index in [0.29, 0.717) is 11.5 Å². The van der Waals surface area contributed by atoms with Gasteiger partial charge >= 0.3 is 0 Å². The van der Waals surface area contributed by atoms with E-state index in [2.05, 4.69) is 33.0 Å². The molecule has 6 nitrogen and oxygen atoms in total. The van der Waals surface area contributed by atoms with Gasteiger partial charge in [0, 0.05) is 37.6 Å². The third kappa shape index (κ3) is 3.96. The summed E-state index contributed by atoms with van der Waals surface area (Å²) in [4.78, 5) is 19.7. The van der Waals surface area contributed by atoms with Crippen LogP contribution in [0.25, 0.3) is 17.1 Å². The molecule has 1 saturated heterocycles. The molecule has 162 valence electrons. The molecule has 1 fully saturated rings. The number of rotatable bonds is 5. The third-order valence-electron chi connectivity index (χ3n) is 6.35. The average Bonchev–Trinajstić information content (AvgIpc) is 3.47. The van der Waals surface area contributed by atoms with Crippen LogP contribution in [0, 0.1) is 12.8 Å². The number of amides is 1. The van der Waals surface area contributed by atoms with E-state index in [1.54, 1.807) is 6.20 Å². The van der Waals surface area contributed by atoms with Crippen molar-refractivity contribution in [1.82, 2.24) is 24.2 Å². The molecule has 0 bridgehead atoms. The van der Waals surface area contributed by atoms with E-state index in [1.807, 2.05) is 71.2 Å². The van der Waals surface area contributed by atoms with Crippen LogP contribution in [-0.4, -0.2) is 43.2 Å². The summed E-state index contributed by atoms with van der Waals surface area (Å²) in [5.74, 6) is 1.62. The second kappa shape index (κ2) is 8.83. The molecule has 0 spiro atoms. The summed E-state index contributed by atoms with van der Waals surface area (Å²) in [5.41, 5.74) is 3.68. The second-order valence-corrected chi connectivity index (χ2v) is 8.40. The maximum absolute atomic E-state index is 13.2. The summed E-state index contributed by atoms with van der Waals surface area (Å²) < 4.78 is 4.08. The smallest absolute Gasteiger partial charge is 0.257 e. The van der Waals surface area contributed by atoms with Crippen LogP contribution in [0.4, 0.5) is 0 Å². The van der Waals surface area contributed by atoms with Crippen molar-refractivity contribution in [3.05, 3.63) is 90.5 Å². The van der Waals surface area contributed by atoms with Gasteiger partial charge in [0.15, 0.2) is 0 Å². The summed E-state index contributed by atoms with van der Waals surface area (Å²) in [5, 5.41) is 4.46. The number of nitrogens with zero attached hydrogens (tertiary/aromatic N) is 5. The zero-order valence-electron chi connectivity index (χ0n) is 18.3. The highest BCUT2D eigenvalue weighted by molar-refractivity contribution is 5.95. The molecule has 4 aromatic rings. The summed E-state index contributed by atoms with van der Waals surface area (Å²) in [6.45, 7) is 4.44. The number of benzene rings is 2. The first-order valence-electron chi connectivity index (χ1n) is 11.2. The van der Waals surface area contributed by atoms with Gasteiger partial charge in [0.25, 0.3) is 5.91 Å². The van der Waals surface area contributed by atoms with Crippen molar-refractivity contribution >= 4 is 5.91 Å². The van der Waals surface area contributed by atoms with Gasteiger partial charge in [0.2, 0.25) is 0 Å². The van der Waals surface area contributed by atoms with Gasteiger partial charge in [-0.2, -0.15) is 5.10 Å². The van der Waals surface area contributed by atoms with Crippen LogP contribution < -0.4 is 0 Å². The zero-order chi connectivity index (χ0) is 21.9. The van der Waals surface area contributed by atoms with E-state index in [1.165, 1.54) is 0 Å². The number of aromatic nitrogens is 4. The molecule has 1 amide bonds. The van der Waals surface area contributed by atoms with Crippen LogP contribution in [0.2, 0.25) is 0 Å². The maximum Gasteiger partial charge on any atom is 0.257 e. The standard InChI is InChI=1S/C26H27N5O/c1-20-24(18-28-31(20)23-10-6-3-7-11-23)26(32)29-15-12-21(13-16-29)19-30-17-14-27-25(30)22-8-4-2-5-9-22/h2-11,14,17-18,21H,12-13,15-16,19H2,1H3. The molecule has 0 atom stereocenters. The molecule has 0 saturated carbocycles. The Hall–Kier alpha value is -3.67. The SMILES string of the molecule is Cc1c(C(=O)N2CCC(Cn3ccnc3-c3ccccc3)CC2)cnn1-c1ccccc1. The van der Waals surface area contributed by atoms with E-state index < -0.39 is 0 Å². The van der Waals surface area contributed by atoms with Crippen LogP contribution in [0.5, 0.6) is 0 Å². The van der Waals surface area contributed by atoms with Gasteiger partial charge in [0.05, 0.1) is 23.1 Å². The Labute approximate surface area is 188 Å². The highest BCUT2D eigenvalue weighted by atomic mass is 16.2. The van der Waals surface area contributed by atoms with E-state index in [0.717, 1.165) is 55.2 Å². The third-order valence-corrected chi connectivity index (χ3v) is 6.35. The fraction of sp³-hybridized carbons (Fsp3) is 0.269. The van der Waals surface area contributed by atoms with Gasteiger partial charge in [-0.3, -0.25) is 4.79 Å². The number of likely N-dealkylation sites (tertiary alicyclic amines) is 1. The fourth-order valence-electron chi connectivity index (χ4n) is 4.52. The molecule has 1 aliphatic heterocycles. The van der Waals surface area contributed by atoms with Crippen molar-refractivity contribution in [1.29, 1.82) is 0 Å². The highest BCUT2D eigenvalue weighted by Gasteiger charge is 2.26. The number of hydrogen-bond acceptors (Lipinski definition) is 3. The van der Waals surface area contributed by atoms with E-state index in [9.17, 15) is 4.79 Å². The molecule has 6 heteroatoms. The average molecular weight is 426 g/mol. The summed E-state index contributed by atoms with van der Waals surface area (Å²) in [7, 11) is 0. The lowest BCUT2D eigenvalue weighted by molar-refractivity contribution is 0.0682. The maximum atomic E-state index is 13.2. The molecule has 1 aliphatic rings. The van der Waals surface area contributed by atoms with Crippen LogP contribution in [0.1, 0.15) is 28.9 Å². The van der Waals surface area contributed by atoms with E-state index in [4.69, 9.17) is 0 Å². The molecular formula is C26H27N5O. The predicted octanol–water partition coefficient (Wildman–Crippen LogP) is 4.60. The summed E-state index contributed by atoms with van der Waals surface area (Å²) >= 11 is 0. The van der Waals surface area contributed by atoms with Crippen LogP contribution in [0.3, 0.4) is 0 Å². The number of hydrogen-bond donors (Lipinski definition) is 0. The predicted molar refractivity (Wildman–Crippen MR) is 125 cm³/mol. The topological polar surface area (TPSA) is 56.0 Å². The van der Waals surface area contributed by atoms with Crippen molar-refractivity contribution in [3.63, 3.8) is 0 Å². The largest absolute Gasteiger partial charge is 0.339 e. The number of carbonyl (C=O) groups is 1. The van der Waals surface area contributed by atoms with Crippen molar-refractivity contribution in [2.45, 2.75) is 26.3 Å². The molecule has 2 aromatic heterocycles. The minimum absolute atomic E-state index is 0.0794. The molecule has 32 heavy (non-hydrogen) atoms. The first-order valence-corrected chi connectivity index (χ1v) is 11.2. The van der Waals surface area contributed by atoms with Crippen molar-refractivity contribution in [3.8, 4) is 17.1 Å². The molecule has 0 radical (unpaired) electrons. The van der Waals surface area contributed by atoms with Gasteiger partial charge in [-0.15, -0.1) is 0 Å². The van der Waals surface area contributed by atoms with Gasteiger partial charge in [-0.05, 0) is 37.8 Å². The first-order chi connectivity index (χ1) is 15.7. The van der Waals surface area contributed by atoms with Gasteiger partial charge in [-0.1, -0.05) is 48.5 Å². The Balaban J connectivity index is 1.23. The molecule has 5 rings (SSSR count). The van der Waals surface area contributed by atoms with Crippen LogP contribution >= 0.6 is 0 Å². The second-order valence-electron chi connectivity index (χ2n) is 8.40. The lowest BCUT2D eigenvalue weighted by atomic mass is 9.96. The van der Waals surface area contributed by atoms with Crippen molar-refractivity contribution in [2.24, 2.45) is 5.92 Å². The molecule has 0 N–H and O–H groups in total. The van der Waals surface area contributed by atoms with Crippen molar-refractivity contribution < 1.29 is 4.79 Å². The first kappa shape index (κ1) is 20.2. The Morgan fingerprint density at radius 3 is 2.41 bits per heavy atom. The minimum Gasteiger partial charge on any atom is -0.339 e.